The molecule has 0 unspecified atom stereocenters. The van der Waals surface area contributed by atoms with E-state index in [4.69, 9.17) is 9.47 Å². The quantitative estimate of drug-likeness (QED) is 0.866. The first-order valence-electron chi connectivity index (χ1n) is 6.58. The van der Waals surface area contributed by atoms with Crippen molar-refractivity contribution in [3.05, 3.63) is 54.6 Å². The van der Waals surface area contributed by atoms with Gasteiger partial charge in [-0.3, -0.25) is 0 Å². The number of esters is 1. The highest BCUT2D eigenvalue weighted by atomic mass is 16.5. The van der Waals surface area contributed by atoms with Gasteiger partial charge in [0.25, 0.3) is 0 Å². The smallest absolute Gasteiger partial charge is 0.328 e. The second kappa shape index (κ2) is 5.65. The van der Waals surface area contributed by atoms with Gasteiger partial charge in [0.15, 0.2) is 5.75 Å². The Morgan fingerprint density at radius 1 is 1.05 bits per heavy atom. The summed E-state index contributed by atoms with van der Waals surface area (Å²) < 4.78 is 10.8. The third kappa shape index (κ3) is 2.74. The van der Waals surface area contributed by atoms with Crippen LogP contribution in [0.1, 0.15) is 6.42 Å². The Morgan fingerprint density at radius 3 is 2.55 bits per heavy atom. The summed E-state index contributed by atoms with van der Waals surface area (Å²) in [6.07, 6.45) is 0.679. The van der Waals surface area contributed by atoms with Gasteiger partial charge >= 0.3 is 5.97 Å². The van der Waals surface area contributed by atoms with Crippen LogP contribution >= 0.6 is 0 Å². The molecule has 0 spiro atoms. The molecule has 0 aliphatic carbocycles. The first-order valence-corrected chi connectivity index (χ1v) is 6.58. The van der Waals surface area contributed by atoms with Crippen LogP contribution in [0.25, 0.3) is 0 Å². The summed E-state index contributed by atoms with van der Waals surface area (Å²) in [7, 11) is 0. The SMILES string of the molecule is O=C1OCC[C@H]1Nc1ccccc1Oc1ccccc1. The maximum atomic E-state index is 11.5. The van der Waals surface area contributed by atoms with Crippen LogP contribution in [0.15, 0.2) is 54.6 Å². The summed E-state index contributed by atoms with van der Waals surface area (Å²) in [6, 6.07) is 16.8. The average Bonchev–Trinajstić information content (AvgIpc) is 2.88. The average molecular weight is 269 g/mol. The number of para-hydroxylation sites is 3. The number of nitrogens with one attached hydrogen (secondary N) is 1. The molecule has 1 atom stereocenters. The number of hydrogen-bond acceptors (Lipinski definition) is 4. The molecule has 0 amide bonds. The van der Waals surface area contributed by atoms with Gasteiger partial charge < -0.3 is 14.8 Å². The molecule has 4 heteroatoms. The Morgan fingerprint density at radius 2 is 1.80 bits per heavy atom. The molecule has 0 bridgehead atoms. The standard InChI is InChI=1S/C16H15NO3/c18-16-14(10-11-19-16)17-13-8-4-5-9-15(13)20-12-6-2-1-3-7-12/h1-9,14,17H,10-11H2/t14-/m1/s1. The van der Waals surface area contributed by atoms with E-state index in [0.29, 0.717) is 18.8 Å². The fraction of sp³-hybridized carbons (Fsp3) is 0.188. The Labute approximate surface area is 117 Å². The van der Waals surface area contributed by atoms with E-state index >= 15 is 0 Å². The van der Waals surface area contributed by atoms with Crippen LogP contribution in [0.5, 0.6) is 11.5 Å². The summed E-state index contributed by atoms with van der Waals surface area (Å²) in [4.78, 5) is 11.5. The van der Waals surface area contributed by atoms with Crippen molar-refractivity contribution in [2.45, 2.75) is 12.5 Å². The second-order valence-corrected chi connectivity index (χ2v) is 4.56. The zero-order chi connectivity index (χ0) is 13.8. The van der Waals surface area contributed by atoms with Crippen molar-refractivity contribution < 1.29 is 14.3 Å². The number of ether oxygens (including phenoxy) is 2. The number of cyclic esters (lactones) is 1. The van der Waals surface area contributed by atoms with Gasteiger partial charge in [-0.2, -0.15) is 0 Å². The van der Waals surface area contributed by atoms with Crippen LogP contribution in [0.2, 0.25) is 0 Å². The van der Waals surface area contributed by atoms with Gasteiger partial charge in [-0.1, -0.05) is 30.3 Å². The van der Waals surface area contributed by atoms with Crippen LogP contribution in [0.4, 0.5) is 5.69 Å². The molecule has 1 fully saturated rings. The molecule has 1 heterocycles. The van der Waals surface area contributed by atoms with E-state index in [1.807, 2.05) is 54.6 Å². The van der Waals surface area contributed by atoms with E-state index in [0.717, 1.165) is 11.4 Å². The van der Waals surface area contributed by atoms with Crippen LogP contribution in [-0.2, 0) is 9.53 Å². The van der Waals surface area contributed by atoms with E-state index in [1.54, 1.807) is 0 Å². The lowest BCUT2D eigenvalue weighted by atomic mass is 10.2. The Kier molecular flexibility index (Phi) is 3.54. The lowest BCUT2D eigenvalue weighted by molar-refractivity contribution is -0.138. The number of carbonyl (C=O) groups is 1. The molecule has 1 saturated heterocycles. The topological polar surface area (TPSA) is 47.6 Å². The van der Waals surface area contributed by atoms with Crippen LogP contribution < -0.4 is 10.1 Å². The molecule has 3 rings (SSSR count). The highest BCUT2D eigenvalue weighted by molar-refractivity contribution is 5.81. The number of benzene rings is 2. The predicted octanol–water partition coefficient (Wildman–Crippen LogP) is 3.21. The molecule has 1 aliphatic rings. The van der Waals surface area contributed by atoms with Gasteiger partial charge in [0.05, 0.1) is 12.3 Å². The number of hydrogen-bond donors (Lipinski definition) is 1. The van der Waals surface area contributed by atoms with Crippen LogP contribution in [0, 0.1) is 0 Å². The first-order chi connectivity index (χ1) is 9.83. The molecule has 0 radical (unpaired) electrons. The van der Waals surface area contributed by atoms with Crippen molar-refractivity contribution in [2.24, 2.45) is 0 Å². The second-order valence-electron chi connectivity index (χ2n) is 4.56. The minimum Gasteiger partial charge on any atom is -0.464 e. The van der Waals surface area contributed by atoms with E-state index in [9.17, 15) is 4.79 Å². The molecule has 102 valence electrons. The molecular weight excluding hydrogens is 254 g/mol. The molecule has 2 aromatic carbocycles. The number of carbonyl (C=O) groups excluding carboxylic acids is 1. The molecule has 0 aromatic heterocycles. The van der Waals surface area contributed by atoms with E-state index in [2.05, 4.69) is 5.32 Å². The largest absolute Gasteiger partial charge is 0.464 e. The third-order valence-electron chi connectivity index (χ3n) is 3.12. The van der Waals surface area contributed by atoms with E-state index in [1.165, 1.54) is 0 Å². The van der Waals surface area contributed by atoms with Crippen molar-refractivity contribution in [1.82, 2.24) is 0 Å². The fourth-order valence-corrected chi connectivity index (χ4v) is 2.11. The zero-order valence-corrected chi connectivity index (χ0v) is 10.9. The Bertz CT molecular complexity index is 598. The number of anilines is 1. The highest BCUT2D eigenvalue weighted by Crippen LogP contribution is 2.30. The van der Waals surface area contributed by atoms with E-state index < -0.39 is 0 Å². The number of rotatable bonds is 4. The molecule has 0 saturated carbocycles. The summed E-state index contributed by atoms with van der Waals surface area (Å²) in [5.74, 6) is 1.24. The molecule has 1 N–H and O–H groups in total. The summed E-state index contributed by atoms with van der Waals surface area (Å²) in [5, 5.41) is 3.18. The fourth-order valence-electron chi connectivity index (χ4n) is 2.11. The van der Waals surface area contributed by atoms with Crippen molar-refractivity contribution >= 4 is 11.7 Å². The molecular formula is C16H15NO3. The lowest BCUT2D eigenvalue weighted by Crippen LogP contribution is -2.24. The first kappa shape index (κ1) is 12.5. The molecule has 4 nitrogen and oxygen atoms in total. The minimum atomic E-state index is -0.296. The maximum absolute atomic E-state index is 11.5. The highest BCUT2D eigenvalue weighted by Gasteiger charge is 2.26. The van der Waals surface area contributed by atoms with Crippen LogP contribution in [-0.4, -0.2) is 18.6 Å². The minimum absolute atomic E-state index is 0.209. The normalized spacial score (nSPS) is 17.6. The predicted molar refractivity (Wildman–Crippen MR) is 75.9 cm³/mol. The maximum Gasteiger partial charge on any atom is 0.328 e. The van der Waals surface area contributed by atoms with Crippen molar-refractivity contribution in [2.75, 3.05) is 11.9 Å². The summed E-state index contributed by atoms with van der Waals surface area (Å²) in [5.41, 5.74) is 0.792. The van der Waals surface area contributed by atoms with Gasteiger partial charge in [0.1, 0.15) is 11.8 Å². The van der Waals surface area contributed by atoms with Gasteiger partial charge in [-0.15, -0.1) is 0 Å². The lowest BCUT2D eigenvalue weighted by Gasteiger charge is -2.15. The molecule has 1 aliphatic heterocycles. The Balaban J connectivity index is 1.79. The van der Waals surface area contributed by atoms with Gasteiger partial charge in [0.2, 0.25) is 0 Å². The Hall–Kier alpha value is -2.49. The summed E-state index contributed by atoms with van der Waals surface area (Å²) >= 11 is 0. The van der Waals surface area contributed by atoms with Crippen molar-refractivity contribution in [3.63, 3.8) is 0 Å². The zero-order valence-electron chi connectivity index (χ0n) is 10.9. The van der Waals surface area contributed by atoms with E-state index in [-0.39, 0.29) is 12.0 Å². The summed E-state index contributed by atoms with van der Waals surface area (Å²) in [6.45, 7) is 0.470. The molecule has 20 heavy (non-hydrogen) atoms. The monoisotopic (exact) mass is 269 g/mol. The molecule has 2 aromatic rings. The van der Waals surface area contributed by atoms with Crippen molar-refractivity contribution in [3.8, 4) is 11.5 Å². The van der Waals surface area contributed by atoms with Gasteiger partial charge in [-0.25, -0.2) is 4.79 Å². The van der Waals surface area contributed by atoms with Crippen molar-refractivity contribution in [1.29, 1.82) is 0 Å². The van der Waals surface area contributed by atoms with Gasteiger partial charge in [0, 0.05) is 6.42 Å². The third-order valence-corrected chi connectivity index (χ3v) is 3.12. The van der Waals surface area contributed by atoms with Gasteiger partial charge in [-0.05, 0) is 24.3 Å². The van der Waals surface area contributed by atoms with Crippen LogP contribution in [0.3, 0.4) is 0 Å².